The summed E-state index contributed by atoms with van der Waals surface area (Å²) in [6.45, 7) is 1.54. The molecule has 0 N–H and O–H groups in total. The molecule has 0 aliphatic heterocycles. The number of hydrogen-bond donors (Lipinski definition) is 0. The van der Waals surface area contributed by atoms with Gasteiger partial charge in [-0.05, 0) is 60.2 Å². The van der Waals surface area contributed by atoms with E-state index in [-0.39, 0.29) is 5.78 Å². The molecule has 0 unspecified atom stereocenters. The zero-order chi connectivity index (χ0) is 22.2. The van der Waals surface area contributed by atoms with Crippen LogP contribution in [0.3, 0.4) is 0 Å². The Bertz CT molecular complexity index is 1540. The predicted octanol–water partition coefficient (Wildman–Crippen LogP) is 5.32. The van der Waals surface area contributed by atoms with Crippen LogP contribution < -0.4 is 4.74 Å². The molecule has 0 saturated carbocycles. The molecular formula is C26H18N4O2. The van der Waals surface area contributed by atoms with E-state index in [2.05, 4.69) is 22.1 Å². The van der Waals surface area contributed by atoms with Crippen LogP contribution in [0.5, 0.6) is 5.75 Å². The number of ketones is 1. The lowest BCUT2D eigenvalue weighted by Crippen LogP contribution is -1.98. The van der Waals surface area contributed by atoms with Crippen molar-refractivity contribution in [3.8, 4) is 28.8 Å². The smallest absolute Gasteiger partial charge is 0.159 e. The van der Waals surface area contributed by atoms with E-state index in [1.165, 1.54) is 13.3 Å². The van der Waals surface area contributed by atoms with Crippen molar-refractivity contribution in [2.24, 2.45) is 0 Å². The molecule has 0 spiro atoms. The minimum Gasteiger partial charge on any atom is -0.497 e. The van der Waals surface area contributed by atoms with Gasteiger partial charge in [-0.15, -0.1) is 0 Å². The van der Waals surface area contributed by atoms with Gasteiger partial charge in [-0.2, -0.15) is 5.26 Å². The largest absolute Gasteiger partial charge is 0.497 e. The summed E-state index contributed by atoms with van der Waals surface area (Å²) in [5.41, 5.74) is 4.89. The summed E-state index contributed by atoms with van der Waals surface area (Å²) in [5, 5.41) is 11.8. The van der Waals surface area contributed by atoms with Crippen LogP contribution in [-0.2, 0) is 0 Å². The third-order valence-electron chi connectivity index (χ3n) is 5.57. The van der Waals surface area contributed by atoms with Crippen molar-refractivity contribution in [1.29, 1.82) is 5.26 Å². The molecule has 2 aromatic heterocycles. The normalized spacial score (nSPS) is 10.9. The molecule has 6 heteroatoms. The maximum atomic E-state index is 11.7. The maximum Gasteiger partial charge on any atom is 0.159 e. The first-order valence-corrected chi connectivity index (χ1v) is 10.0. The standard InChI is InChI=1S/C26H18N4O2/c1-16(31)17-5-8-22(9-6-17)30-14-21(13-27)25-26(30)24(28-15-29-25)20-4-3-19-12-23(32-2)10-7-18(19)11-20/h3-12,14-15H,1-2H3. The lowest BCUT2D eigenvalue weighted by Gasteiger charge is -2.10. The summed E-state index contributed by atoms with van der Waals surface area (Å²) in [7, 11) is 1.65. The Morgan fingerprint density at radius 2 is 1.75 bits per heavy atom. The molecule has 0 fully saturated rings. The highest BCUT2D eigenvalue weighted by atomic mass is 16.5. The van der Waals surface area contributed by atoms with Gasteiger partial charge in [0.05, 0.1) is 23.9 Å². The number of carbonyl (C=O) groups is 1. The van der Waals surface area contributed by atoms with E-state index in [0.29, 0.717) is 16.6 Å². The van der Waals surface area contributed by atoms with Gasteiger partial charge in [0.15, 0.2) is 5.78 Å². The van der Waals surface area contributed by atoms with Crippen LogP contribution in [0.1, 0.15) is 22.8 Å². The fraction of sp³-hybridized carbons (Fsp3) is 0.0769. The molecule has 5 rings (SSSR count). The molecule has 0 bridgehead atoms. The number of fused-ring (bicyclic) bond motifs is 2. The van der Waals surface area contributed by atoms with E-state index >= 15 is 0 Å². The van der Waals surface area contributed by atoms with E-state index in [1.807, 2.05) is 47.0 Å². The van der Waals surface area contributed by atoms with E-state index < -0.39 is 0 Å². The minimum atomic E-state index is 0.00319. The Hall–Kier alpha value is -4.50. The molecule has 0 atom stereocenters. The monoisotopic (exact) mass is 418 g/mol. The molecule has 0 aliphatic carbocycles. The van der Waals surface area contributed by atoms with Gasteiger partial charge in [0, 0.05) is 23.0 Å². The summed E-state index contributed by atoms with van der Waals surface area (Å²) in [5.74, 6) is 0.805. The number of methoxy groups -OCH3 is 1. The van der Waals surface area contributed by atoms with Gasteiger partial charge in [0.25, 0.3) is 0 Å². The van der Waals surface area contributed by atoms with E-state index in [4.69, 9.17) is 4.74 Å². The second kappa shape index (κ2) is 7.64. The Balaban J connectivity index is 1.74. The predicted molar refractivity (Wildman–Crippen MR) is 123 cm³/mol. The summed E-state index contributed by atoms with van der Waals surface area (Å²) >= 11 is 0. The van der Waals surface area contributed by atoms with E-state index in [9.17, 15) is 10.1 Å². The highest BCUT2D eigenvalue weighted by Gasteiger charge is 2.17. The average Bonchev–Trinajstić information content (AvgIpc) is 3.22. The fourth-order valence-electron chi connectivity index (χ4n) is 3.91. The Morgan fingerprint density at radius 1 is 1.00 bits per heavy atom. The number of ether oxygens (including phenoxy) is 1. The van der Waals surface area contributed by atoms with Crippen molar-refractivity contribution >= 4 is 27.6 Å². The Morgan fingerprint density at radius 3 is 2.47 bits per heavy atom. The van der Waals surface area contributed by atoms with Crippen LogP contribution in [-0.4, -0.2) is 27.4 Å². The molecule has 154 valence electrons. The third-order valence-corrected chi connectivity index (χ3v) is 5.57. The first kappa shape index (κ1) is 19.5. The van der Waals surface area contributed by atoms with Crippen LogP contribution in [0.2, 0.25) is 0 Å². The molecular weight excluding hydrogens is 400 g/mol. The van der Waals surface area contributed by atoms with Crippen LogP contribution in [0, 0.1) is 11.3 Å². The zero-order valence-electron chi connectivity index (χ0n) is 17.5. The summed E-state index contributed by atoms with van der Waals surface area (Å²) < 4.78 is 7.23. The molecule has 0 saturated heterocycles. The van der Waals surface area contributed by atoms with Crippen LogP contribution >= 0.6 is 0 Å². The summed E-state index contributed by atoms with van der Waals surface area (Å²) in [6, 6.07) is 21.5. The van der Waals surface area contributed by atoms with Crippen molar-refractivity contribution in [2.45, 2.75) is 6.92 Å². The number of carbonyl (C=O) groups excluding carboxylic acids is 1. The van der Waals surface area contributed by atoms with Gasteiger partial charge >= 0.3 is 0 Å². The summed E-state index contributed by atoms with van der Waals surface area (Å²) in [6.07, 6.45) is 3.25. The van der Waals surface area contributed by atoms with Crippen LogP contribution in [0.4, 0.5) is 0 Å². The minimum absolute atomic E-state index is 0.00319. The first-order chi connectivity index (χ1) is 15.6. The zero-order valence-corrected chi connectivity index (χ0v) is 17.5. The molecule has 0 radical (unpaired) electrons. The fourth-order valence-corrected chi connectivity index (χ4v) is 3.91. The quantitative estimate of drug-likeness (QED) is 0.369. The molecule has 5 aromatic rings. The van der Waals surface area contributed by atoms with Gasteiger partial charge in [-0.3, -0.25) is 4.79 Å². The molecule has 0 aliphatic rings. The van der Waals surface area contributed by atoms with Crippen LogP contribution in [0.15, 0.2) is 73.2 Å². The van der Waals surface area contributed by atoms with Crippen molar-refractivity contribution in [3.63, 3.8) is 0 Å². The van der Waals surface area contributed by atoms with Gasteiger partial charge in [0.2, 0.25) is 0 Å². The first-order valence-electron chi connectivity index (χ1n) is 10.0. The van der Waals surface area contributed by atoms with Gasteiger partial charge in [-0.1, -0.05) is 18.2 Å². The van der Waals surface area contributed by atoms with Crippen molar-refractivity contribution in [2.75, 3.05) is 7.11 Å². The molecule has 2 heterocycles. The van der Waals surface area contributed by atoms with Gasteiger partial charge in [0.1, 0.15) is 23.7 Å². The molecule has 0 amide bonds. The second-order valence-corrected chi connectivity index (χ2v) is 7.47. The SMILES string of the molecule is COc1ccc2cc(-c3ncnc4c(C#N)cn(-c5ccc(C(C)=O)cc5)c34)ccc2c1. The highest BCUT2D eigenvalue weighted by molar-refractivity contribution is 5.98. The molecule has 32 heavy (non-hydrogen) atoms. The second-order valence-electron chi connectivity index (χ2n) is 7.47. The number of benzene rings is 3. The Kier molecular flexibility index (Phi) is 4.65. The van der Waals surface area contributed by atoms with Crippen molar-refractivity contribution in [3.05, 3.63) is 84.3 Å². The van der Waals surface area contributed by atoms with E-state index in [0.717, 1.165) is 39.0 Å². The Labute approximate surface area is 184 Å². The highest BCUT2D eigenvalue weighted by Crippen LogP contribution is 2.33. The van der Waals surface area contributed by atoms with Crippen LogP contribution in [0.25, 0.3) is 38.8 Å². The number of nitrogens with zero attached hydrogens (tertiary/aromatic N) is 4. The van der Waals surface area contributed by atoms with E-state index in [1.54, 1.807) is 25.4 Å². The lowest BCUT2D eigenvalue weighted by atomic mass is 10.0. The average molecular weight is 418 g/mol. The number of aromatic nitrogens is 3. The van der Waals surface area contributed by atoms with Gasteiger partial charge in [-0.25, -0.2) is 9.97 Å². The number of hydrogen-bond acceptors (Lipinski definition) is 5. The summed E-state index contributed by atoms with van der Waals surface area (Å²) in [4.78, 5) is 20.6. The third kappa shape index (κ3) is 3.17. The molecule has 3 aromatic carbocycles. The van der Waals surface area contributed by atoms with Crippen molar-refractivity contribution in [1.82, 2.24) is 14.5 Å². The number of nitriles is 1. The molecule has 6 nitrogen and oxygen atoms in total. The number of Topliss-reactive ketones (excluding diaryl/α,β-unsaturated/α-hetero) is 1. The number of rotatable bonds is 4. The maximum absolute atomic E-state index is 11.7. The van der Waals surface area contributed by atoms with Gasteiger partial charge < -0.3 is 9.30 Å². The lowest BCUT2D eigenvalue weighted by molar-refractivity contribution is 0.101. The topological polar surface area (TPSA) is 80.8 Å². The van der Waals surface area contributed by atoms with Crippen molar-refractivity contribution < 1.29 is 9.53 Å².